The highest BCUT2D eigenvalue weighted by Crippen LogP contribution is 2.32. The Bertz CT molecular complexity index is 1050. The van der Waals surface area contributed by atoms with Crippen molar-refractivity contribution in [1.29, 1.82) is 5.26 Å². The molecular formula is C23H26N4OS. The summed E-state index contributed by atoms with van der Waals surface area (Å²) in [7, 11) is 1.65. The maximum absolute atomic E-state index is 9.19. The lowest BCUT2D eigenvalue weighted by atomic mass is 9.90. The van der Waals surface area contributed by atoms with E-state index in [1.807, 2.05) is 28.8 Å². The van der Waals surface area contributed by atoms with E-state index in [1.165, 1.54) is 33.4 Å². The minimum absolute atomic E-state index is 0.209. The number of thioether (sulfide) groups is 1. The predicted molar refractivity (Wildman–Crippen MR) is 117 cm³/mol. The molecule has 0 saturated carbocycles. The first-order chi connectivity index (χ1) is 13.9. The fourth-order valence-electron chi connectivity index (χ4n) is 3.50. The third-order valence-corrected chi connectivity index (χ3v) is 6.72. The van der Waals surface area contributed by atoms with Crippen molar-refractivity contribution in [3.63, 3.8) is 0 Å². The Hall–Kier alpha value is -2.78. The number of benzene rings is 2. The van der Waals surface area contributed by atoms with Gasteiger partial charge in [0, 0.05) is 11.4 Å². The molecule has 0 N–H and O–H groups in total. The maximum Gasteiger partial charge on any atom is 0.196 e. The highest BCUT2D eigenvalue weighted by molar-refractivity contribution is 7.98. The Kier molecular flexibility index (Phi) is 6.29. The number of rotatable bonds is 6. The Balaban J connectivity index is 1.98. The van der Waals surface area contributed by atoms with Gasteiger partial charge in [0.2, 0.25) is 0 Å². The molecular weight excluding hydrogens is 380 g/mol. The second-order valence-corrected chi connectivity index (χ2v) is 8.10. The molecule has 0 spiro atoms. The van der Waals surface area contributed by atoms with E-state index in [9.17, 15) is 5.26 Å². The first-order valence-electron chi connectivity index (χ1n) is 9.53. The Morgan fingerprint density at radius 2 is 1.52 bits per heavy atom. The van der Waals surface area contributed by atoms with Crippen LogP contribution in [-0.2, 0) is 12.2 Å². The fourth-order valence-corrected chi connectivity index (χ4v) is 4.65. The summed E-state index contributed by atoms with van der Waals surface area (Å²) in [5.74, 6) is 2.24. The molecule has 29 heavy (non-hydrogen) atoms. The molecule has 3 rings (SSSR count). The van der Waals surface area contributed by atoms with Crippen LogP contribution in [0.15, 0.2) is 29.4 Å². The monoisotopic (exact) mass is 406 g/mol. The van der Waals surface area contributed by atoms with Crippen molar-refractivity contribution in [2.45, 2.75) is 51.9 Å². The Morgan fingerprint density at radius 1 is 0.931 bits per heavy atom. The molecule has 0 fully saturated rings. The summed E-state index contributed by atoms with van der Waals surface area (Å²) < 4.78 is 7.22. The highest BCUT2D eigenvalue weighted by Gasteiger charge is 2.17. The summed E-state index contributed by atoms with van der Waals surface area (Å²) in [5.41, 5.74) is 9.02. The van der Waals surface area contributed by atoms with Gasteiger partial charge in [-0.2, -0.15) is 5.26 Å². The van der Waals surface area contributed by atoms with Gasteiger partial charge in [-0.05, 0) is 92.3 Å². The second kappa shape index (κ2) is 8.71. The van der Waals surface area contributed by atoms with E-state index in [4.69, 9.17) is 4.74 Å². The zero-order valence-corrected chi connectivity index (χ0v) is 18.6. The van der Waals surface area contributed by atoms with Gasteiger partial charge in [-0.15, -0.1) is 10.2 Å². The lowest BCUT2D eigenvalue weighted by Crippen LogP contribution is -2.04. The first kappa shape index (κ1) is 20.9. The van der Waals surface area contributed by atoms with Gasteiger partial charge in [-0.1, -0.05) is 11.8 Å². The van der Waals surface area contributed by atoms with Crippen LogP contribution in [0.25, 0.3) is 5.69 Å². The molecule has 1 aromatic heterocycles. The summed E-state index contributed by atoms with van der Waals surface area (Å²) in [5, 5.41) is 18.6. The van der Waals surface area contributed by atoms with Gasteiger partial charge < -0.3 is 4.74 Å². The number of hydrogen-bond donors (Lipinski definition) is 0. The van der Waals surface area contributed by atoms with Crippen LogP contribution in [0.2, 0.25) is 0 Å². The summed E-state index contributed by atoms with van der Waals surface area (Å²) in [4.78, 5) is 0. The van der Waals surface area contributed by atoms with E-state index in [2.05, 4.69) is 50.9 Å². The Labute approximate surface area is 176 Å². The van der Waals surface area contributed by atoms with Crippen LogP contribution in [0, 0.1) is 45.9 Å². The molecule has 5 nitrogen and oxygen atoms in total. The number of aromatic nitrogens is 3. The average Bonchev–Trinajstić information content (AvgIpc) is 3.13. The van der Waals surface area contributed by atoms with Crippen LogP contribution >= 0.6 is 11.8 Å². The Morgan fingerprint density at radius 3 is 2.07 bits per heavy atom. The number of nitrogens with zero attached hydrogens (tertiary/aromatic N) is 4. The van der Waals surface area contributed by atoms with Crippen LogP contribution < -0.4 is 4.74 Å². The van der Waals surface area contributed by atoms with Gasteiger partial charge in [-0.3, -0.25) is 4.57 Å². The molecule has 0 aliphatic carbocycles. The highest BCUT2D eigenvalue weighted by atomic mass is 32.2. The van der Waals surface area contributed by atoms with Crippen molar-refractivity contribution in [1.82, 2.24) is 14.8 Å². The average molecular weight is 407 g/mol. The van der Waals surface area contributed by atoms with Crippen LogP contribution in [-0.4, -0.2) is 21.9 Å². The normalized spacial score (nSPS) is 10.8. The van der Waals surface area contributed by atoms with E-state index < -0.39 is 0 Å². The molecule has 6 heteroatoms. The minimum atomic E-state index is 0.209. The number of nitriles is 1. The molecule has 3 aromatic rings. The molecule has 0 atom stereocenters. The first-order valence-corrected chi connectivity index (χ1v) is 10.5. The standard InChI is InChI=1S/C23H26N4OS/c1-14-15(2)17(4)21(18(5)16(14)3)13-29-23-26-25-22(11-12-24)27(23)19-7-9-20(28-6)10-8-19/h7-10H,11,13H2,1-6H3. The van der Waals surface area contributed by atoms with E-state index in [-0.39, 0.29) is 6.42 Å². The lowest BCUT2D eigenvalue weighted by Gasteiger charge is -2.18. The van der Waals surface area contributed by atoms with E-state index in [0.29, 0.717) is 5.82 Å². The molecule has 0 unspecified atom stereocenters. The SMILES string of the molecule is COc1ccc(-n2c(CC#N)nnc2SCc2c(C)c(C)c(C)c(C)c2C)cc1. The van der Waals surface area contributed by atoms with Gasteiger partial charge in [0.05, 0.1) is 19.6 Å². The molecule has 0 saturated heterocycles. The van der Waals surface area contributed by atoms with E-state index in [1.54, 1.807) is 18.9 Å². The molecule has 0 radical (unpaired) electrons. The van der Waals surface area contributed by atoms with Crippen LogP contribution in [0.3, 0.4) is 0 Å². The number of methoxy groups -OCH3 is 1. The second-order valence-electron chi connectivity index (χ2n) is 7.16. The molecule has 150 valence electrons. The maximum atomic E-state index is 9.19. The van der Waals surface area contributed by atoms with Crippen molar-refractivity contribution in [3.8, 4) is 17.5 Å². The van der Waals surface area contributed by atoms with Crippen molar-refractivity contribution in [2.24, 2.45) is 0 Å². The number of hydrogen-bond acceptors (Lipinski definition) is 5. The molecule has 0 bridgehead atoms. The molecule has 0 aliphatic heterocycles. The van der Waals surface area contributed by atoms with Crippen LogP contribution in [0.5, 0.6) is 5.75 Å². The van der Waals surface area contributed by atoms with Crippen LogP contribution in [0.4, 0.5) is 0 Å². The molecule has 2 aromatic carbocycles. The van der Waals surface area contributed by atoms with Crippen molar-refractivity contribution in [2.75, 3.05) is 7.11 Å². The fraction of sp³-hybridized carbons (Fsp3) is 0.348. The van der Waals surface area contributed by atoms with Gasteiger partial charge in [-0.25, -0.2) is 0 Å². The van der Waals surface area contributed by atoms with Gasteiger partial charge >= 0.3 is 0 Å². The van der Waals surface area contributed by atoms with Gasteiger partial charge in [0.1, 0.15) is 5.75 Å². The summed E-state index contributed by atoms with van der Waals surface area (Å²) in [6.45, 7) is 11.0. The summed E-state index contributed by atoms with van der Waals surface area (Å²) in [6.07, 6.45) is 0.209. The third kappa shape index (κ3) is 4.01. The van der Waals surface area contributed by atoms with Crippen molar-refractivity contribution < 1.29 is 4.74 Å². The quantitative estimate of drug-likeness (QED) is 0.528. The van der Waals surface area contributed by atoms with E-state index >= 15 is 0 Å². The minimum Gasteiger partial charge on any atom is -0.497 e. The molecule has 0 amide bonds. The van der Waals surface area contributed by atoms with Crippen molar-refractivity contribution in [3.05, 3.63) is 63.5 Å². The topological polar surface area (TPSA) is 63.7 Å². The lowest BCUT2D eigenvalue weighted by molar-refractivity contribution is 0.414. The predicted octanol–water partition coefficient (Wildman–Crippen LogP) is 5.18. The number of ether oxygens (including phenoxy) is 1. The van der Waals surface area contributed by atoms with Crippen molar-refractivity contribution >= 4 is 11.8 Å². The zero-order valence-electron chi connectivity index (χ0n) is 17.8. The summed E-state index contributed by atoms with van der Waals surface area (Å²) in [6, 6.07) is 9.92. The third-order valence-electron chi connectivity index (χ3n) is 5.77. The summed E-state index contributed by atoms with van der Waals surface area (Å²) >= 11 is 1.65. The van der Waals surface area contributed by atoms with Gasteiger partial charge in [0.25, 0.3) is 0 Å². The smallest absolute Gasteiger partial charge is 0.196 e. The van der Waals surface area contributed by atoms with E-state index in [0.717, 1.165) is 22.3 Å². The van der Waals surface area contributed by atoms with Crippen LogP contribution in [0.1, 0.15) is 39.2 Å². The molecule has 0 aliphatic rings. The van der Waals surface area contributed by atoms with Gasteiger partial charge in [0.15, 0.2) is 11.0 Å². The zero-order chi connectivity index (χ0) is 21.1. The largest absolute Gasteiger partial charge is 0.497 e. The molecule has 1 heterocycles.